The molecule has 2 unspecified atom stereocenters. The molecule has 0 aliphatic carbocycles. The standard InChI is InChI=1S/C15H19ClFNO3/c1-2-20-15(19)14(18-9-13-4-3-5-21-13)10-6-11(16)8-12(17)7-10/h6-8,13-14,18H,2-5,9H2,1H3. The lowest BCUT2D eigenvalue weighted by atomic mass is 10.1. The number of hydrogen-bond donors (Lipinski definition) is 1. The Morgan fingerprint density at radius 3 is 3.00 bits per heavy atom. The third kappa shape index (κ3) is 4.66. The van der Waals surface area contributed by atoms with Crippen LogP contribution in [0, 0.1) is 5.82 Å². The van der Waals surface area contributed by atoms with E-state index in [1.165, 1.54) is 12.1 Å². The predicted octanol–water partition coefficient (Wildman–Crippen LogP) is 2.85. The van der Waals surface area contributed by atoms with Gasteiger partial charge < -0.3 is 9.47 Å². The normalized spacial score (nSPS) is 19.5. The van der Waals surface area contributed by atoms with Crippen LogP contribution in [0.1, 0.15) is 31.4 Å². The monoisotopic (exact) mass is 315 g/mol. The molecule has 6 heteroatoms. The van der Waals surface area contributed by atoms with Gasteiger partial charge in [-0.3, -0.25) is 5.32 Å². The molecule has 0 spiro atoms. The lowest BCUT2D eigenvalue weighted by molar-refractivity contribution is -0.146. The molecule has 1 fully saturated rings. The van der Waals surface area contributed by atoms with Crippen LogP contribution in [0.4, 0.5) is 4.39 Å². The van der Waals surface area contributed by atoms with Crippen LogP contribution in [0.15, 0.2) is 18.2 Å². The molecule has 116 valence electrons. The van der Waals surface area contributed by atoms with Crippen LogP contribution in [0.5, 0.6) is 0 Å². The quantitative estimate of drug-likeness (QED) is 0.820. The van der Waals surface area contributed by atoms with E-state index in [4.69, 9.17) is 21.1 Å². The molecular weight excluding hydrogens is 297 g/mol. The van der Waals surface area contributed by atoms with Crippen LogP contribution in [0.3, 0.4) is 0 Å². The maximum absolute atomic E-state index is 13.5. The molecule has 1 aromatic rings. The van der Waals surface area contributed by atoms with E-state index in [9.17, 15) is 9.18 Å². The number of halogens is 2. The average molecular weight is 316 g/mol. The van der Waals surface area contributed by atoms with E-state index in [1.54, 1.807) is 13.0 Å². The molecule has 0 saturated carbocycles. The molecule has 1 aromatic carbocycles. The maximum atomic E-state index is 13.5. The highest BCUT2D eigenvalue weighted by atomic mass is 35.5. The minimum atomic E-state index is -0.748. The third-order valence-corrected chi connectivity index (χ3v) is 3.53. The first kappa shape index (κ1) is 16.2. The number of carbonyl (C=O) groups excluding carboxylic acids is 1. The summed E-state index contributed by atoms with van der Waals surface area (Å²) in [7, 11) is 0. The Morgan fingerprint density at radius 2 is 2.38 bits per heavy atom. The van der Waals surface area contributed by atoms with Crippen LogP contribution in [-0.2, 0) is 14.3 Å². The van der Waals surface area contributed by atoms with Crippen molar-refractivity contribution in [3.63, 3.8) is 0 Å². The van der Waals surface area contributed by atoms with Crippen LogP contribution in [0.25, 0.3) is 0 Å². The fourth-order valence-corrected chi connectivity index (χ4v) is 2.59. The summed E-state index contributed by atoms with van der Waals surface area (Å²) in [5.41, 5.74) is 0.455. The van der Waals surface area contributed by atoms with Gasteiger partial charge in [-0.25, -0.2) is 9.18 Å². The van der Waals surface area contributed by atoms with Gasteiger partial charge in [0.25, 0.3) is 0 Å². The first-order valence-corrected chi connectivity index (χ1v) is 7.45. The molecule has 21 heavy (non-hydrogen) atoms. The number of benzene rings is 1. The van der Waals surface area contributed by atoms with E-state index < -0.39 is 17.8 Å². The zero-order valence-electron chi connectivity index (χ0n) is 11.9. The van der Waals surface area contributed by atoms with Gasteiger partial charge in [-0.1, -0.05) is 11.6 Å². The Morgan fingerprint density at radius 1 is 1.57 bits per heavy atom. The van der Waals surface area contributed by atoms with Crippen molar-refractivity contribution in [1.29, 1.82) is 0 Å². The average Bonchev–Trinajstić information content (AvgIpc) is 2.91. The van der Waals surface area contributed by atoms with Crippen molar-refractivity contribution in [2.75, 3.05) is 19.8 Å². The Balaban J connectivity index is 2.11. The number of esters is 1. The van der Waals surface area contributed by atoms with Gasteiger partial charge in [0.05, 0.1) is 12.7 Å². The molecule has 4 nitrogen and oxygen atoms in total. The Labute approximate surface area is 128 Å². The largest absolute Gasteiger partial charge is 0.465 e. The second kappa shape index (κ2) is 7.73. The minimum absolute atomic E-state index is 0.0750. The van der Waals surface area contributed by atoms with Crippen molar-refractivity contribution in [1.82, 2.24) is 5.32 Å². The molecule has 2 atom stereocenters. The van der Waals surface area contributed by atoms with Crippen LogP contribution in [-0.4, -0.2) is 31.8 Å². The molecule has 0 radical (unpaired) electrons. The zero-order chi connectivity index (χ0) is 15.2. The summed E-state index contributed by atoms with van der Waals surface area (Å²) >= 11 is 5.86. The molecule has 1 aliphatic heterocycles. The molecular formula is C15H19ClFNO3. The van der Waals surface area contributed by atoms with Gasteiger partial charge >= 0.3 is 5.97 Å². The summed E-state index contributed by atoms with van der Waals surface area (Å²) in [4.78, 5) is 12.1. The van der Waals surface area contributed by atoms with Crippen LogP contribution < -0.4 is 5.32 Å². The lowest BCUT2D eigenvalue weighted by Gasteiger charge is -2.20. The summed E-state index contributed by atoms with van der Waals surface area (Å²) < 4.78 is 24.0. The van der Waals surface area contributed by atoms with E-state index >= 15 is 0 Å². The smallest absolute Gasteiger partial charge is 0.327 e. The van der Waals surface area contributed by atoms with Gasteiger partial charge in [0.2, 0.25) is 0 Å². The van der Waals surface area contributed by atoms with E-state index in [-0.39, 0.29) is 17.7 Å². The van der Waals surface area contributed by atoms with Crippen LogP contribution in [0.2, 0.25) is 5.02 Å². The highest BCUT2D eigenvalue weighted by molar-refractivity contribution is 6.30. The predicted molar refractivity (Wildman–Crippen MR) is 77.8 cm³/mol. The summed E-state index contributed by atoms with van der Waals surface area (Å²) in [5.74, 6) is -0.928. The Bertz CT molecular complexity index is 472. The van der Waals surface area contributed by atoms with Crippen molar-refractivity contribution in [2.45, 2.75) is 31.9 Å². The van der Waals surface area contributed by atoms with Gasteiger partial charge in [0, 0.05) is 18.2 Å². The summed E-state index contributed by atoms with van der Waals surface area (Å²) in [6.07, 6.45) is 2.04. The van der Waals surface area contributed by atoms with Crippen molar-refractivity contribution in [2.24, 2.45) is 0 Å². The van der Waals surface area contributed by atoms with E-state index in [2.05, 4.69) is 5.32 Å². The molecule has 1 N–H and O–H groups in total. The number of carbonyl (C=O) groups is 1. The van der Waals surface area contributed by atoms with Gasteiger partial charge in [-0.2, -0.15) is 0 Å². The van der Waals surface area contributed by atoms with Crippen molar-refractivity contribution in [3.8, 4) is 0 Å². The van der Waals surface area contributed by atoms with Crippen molar-refractivity contribution >= 4 is 17.6 Å². The molecule has 1 aliphatic rings. The van der Waals surface area contributed by atoms with E-state index in [0.29, 0.717) is 12.1 Å². The van der Waals surface area contributed by atoms with Crippen molar-refractivity contribution < 1.29 is 18.7 Å². The number of ether oxygens (including phenoxy) is 2. The maximum Gasteiger partial charge on any atom is 0.327 e. The Hall–Kier alpha value is -1.17. The highest BCUT2D eigenvalue weighted by Crippen LogP contribution is 2.22. The van der Waals surface area contributed by atoms with Gasteiger partial charge in [0.1, 0.15) is 11.9 Å². The minimum Gasteiger partial charge on any atom is -0.465 e. The second-order valence-corrected chi connectivity index (χ2v) is 5.37. The molecule has 2 rings (SSSR count). The number of rotatable bonds is 6. The zero-order valence-corrected chi connectivity index (χ0v) is 12.7. The van der Waals surface area contributed by atoms with Crippen LogP contribution >= 0.6 is 11.6 Å². The molecule has 0 amide bonds. The van der Waals surface area contributed by atoms with Gasteiger partial charge in [-0.05, 0) is 43.5 Å². The summed E-state index contributed by atoms with van der Waals surface area (Å²) in [6, 6.07) is 3.31. The third-order valence-electron chi connectivity index (χ3n) is 3.31. The molecule has 0 bridgehead atoms. The van der Waals surface area contributed by atoms with E-state index in [0.717, 1.165) is 19.4 Å². The summed E-state index contributed by atoms with van der Waals surface area (Å²) in [6.45, 7) is 3.24. The lowest BCUT2D eigenvalue weighted by Crippen LogP contribution is -2.35. The number of nitrogens with one attached hydrogen (secondary N) is 1. The van der Waals surface area contributed by atoms with Crippen molar-refractivity contribution in [3.05, 3.63) is 34.6 Å². The molecule has 1 saturated heterocycles. The number of hydrogen-bond acceptors (Lipinski definition) is 4. The molecule has 0 aromatic heterocycles. The van der Waals surface area contributed by atoms with E-state index in [1.807, 2.05) is 0 Å². The Kier molecular flexibility index (Phi) is 5.96. The fourth-order valence-electron chi connectivity index (χ4n) is 2.36. The summed E-state index contributed by atoms with van der Waals surface area (Å²) in [5, 5.41) is 3.34. The fraction of sp³-hybridized carbons (Fsp3) is 0.533. The van der Waals surface area contributed by atoms with Gasteiger partial charge in [0.15, 0.2) is 0 Å². The first-order valence-electron chi connectivity index (χ1n) is 7.07. The van der Waals surface area contributed by atoms with Gasteiger partial charge in [-0.15, -0.1) is 0 Å². The first-order chi connectivity index (χ1) is 10.1. The second-order valence-electron chi connectivity index (χ2n) is 4.93. The highest BCUT2D eigenvalue weighted by Gasteiger charge is 2.25. The molecule has 1 heterocycles. The SMILES string of the molecule is CCOC(=O)C(NCC1CCCO1)c1cc(F)cc(Cl)c1. The topological polar surface area (TPSA) is 47.6 Å².